The second-order valence-electron chi connectivity index (χ2n) is 4.32. The van der Waals surface area contributed by atoms with Gasteiger partial charge in [0.25, 0.3) is 0 Å². The van der Waals surface area contributed by atoms with E-state index in [0.717, 1.165) is 12.8 Å². The minimum absolute atomic E-state index is 0.169. The van der Waals surface area contributed by atoms with Gasteiger partial charge in [0, 0.05) is 0 Å². The van der Waals surface area contributed by atoms with Crippen molar-refractivity contribution in [1.82, 2.24) is 5.06 Å². The third-order valence-corrected chi connectivity index (χ3v) is 2.55. The number of rotatable bonds is 9. The molecule has 0 fully saturated rings. The molecule has 0 aliphatic carbocycles. The molecule has 0 rings (SSSR count). The Morgan fingerprint density at radius 2 is 1.65 bits per heavy atom. The smallest absolute Gasteiger partial charge is 0.396 e. The van der Waals surface area contributed by atoms with Crippen LogP contribution in [0, 0.1) is 0 Å². The molecule has 0 aromatic heterocycles. The highest BCUT2D eigenvalue weighted by Crippen LogP contribution is 2.06. The highest BCUT2D eigenvalue weighted by Gasteiger charge is 2.32. The zero-order chi connectivity index (χ0) is 15.5. The zero-order valence-corrected chi connectivity index (χ0v) is 12.3. The Bertz CT molecular complexity index is 331. The van der Waals surface area contributed by atoms with E-state index in [1.165, 1.54) is 6.92 Å². The Labute approximate surface area is 118 Å². The van der Waals surface area contributed by atoms with Crippen molar-refractivity contribution in [2.24, 2.45) is 0 Å². The van der Waals surface area contributed by atoms with Crippen molar-refractivity contribution in [3.8, 4) is 0 Å². The van der Waals surface area contributed by atoms with Crippen LogP contribution in [0.25, 0.3) is 0 Å². The first-order chi connectivity index (χ1) is 9.45. The molecule has 0 aliphatic heterocycles. The summed E-state index contributed by atoms with van der Waals surface area (Å²) in [4.78, 5) is 39.1. The molecule has 1 N–H and O–H groups in total. The Hall–Kier alpha value is -1.63. The van der Waals surface area contributed by atoms with Crippen LogP contribution >= 0.6 is 0 Å². The van der Waals surface area contributed by atoms with Crippen molar-refractivity contribution in [1.29, 1.82) is 0 Å². The standard InChI is InChI=1S/C13H23NO6/c1-4-6-8-19-13(18)10(3)14(11(15)12(16)17)20-9-7-5-2/h10H,4-9H2,1-3H3,(H,16,17)/t10-/m0/s1. The van der Waals surface area contributed by atoms with Gasteiger partial charge in [-0.2, -0.15) is 5.06 Å². The summed E-state index contributed by atoms with van der Waals surface area (Å²) in [7, 11) is 0. The Morgan fingerprint density at radius 3 is 2.15 bits per heavy atom. The van der Waals surface area contributed by atoms with E-state index in [1.807, 2.05) is 13.8 Å². The van der Waals surface area contributed by atoms with Crippen LogP contribution in [0.5, 0.6) is 0 Å². The van der Waals surface area contributed by atoms with Crippen LogP contribution in [0.2, 0.25) is 0 Å². The van der Waals surface area contributed by atoms with Gasteiger partial charge in [-0.1, -0.05) is 26.7 Å². The summed E-state index contributed by atoms with van der Waals surface area (Å²) in [5, 5.41) is 9.31. The molecule has 1 atom stereocenters. The number of carboxylic acid groups (broad SMARTS) is 1. The second kappa shape index (κ2) is 10.2. The minimum atomic E-state index is -1.67. The molecule has 0 saturated carbocycles. The molecule has 7 heteroatoms. The fraction of sp³-hybridized carbons (Fsp3) is 0.769. The van der Waals surface area contributed by atoms with Crippen molar-refractivity contribution in [2.75, 3.05) is 13.2 Å². The van der Waals surface area contributed by atoms with Crippen LogP contribution < -0.4 is 0 Å². The summed E-state index contributed by atoms with van der Waals surface area (Å²) in [6.45, 7) is 5.66. The molecule has 1 amide bonds. The summed E-state index contributed by atoms with van der Waals surface area (Å²) < 4.78 is 4.96. The van der Waals surface area contributed by atoms with Crippen LogP contribution in [-0.4, -0.2) is 47.3 Å². The number of hydrogen-bond donors (Lipinski definition) is 1. The summed E-state index contributed by atoms with van der Waals surface area (Å²) in [6.07, 6.45) is 3.06. The van der Waals surface area contributed by atoms with Gasteiger partial charge in [-0.25, -0.2) is 9.59 Å². The molecule has 0 saturated heterocycles. The molecule has 116 valence electrons. The van der Waals surface area contributed by atoms with E-state index in [9.17, 15) is 14.4 Å². The third-order valence-electron chi connectivity index (χ3n) is 2.55. The first kappa shape index (κ1) is 18.4. The molecule has 0 spiro atoms. The van der Waals surface area contributed by atoms with Crippen LogP contribution in [0.1, 0.15) is 46.5 Å². The number of unbranched alkanes of at least 4 members (excludes halogenated alkanes) is 2. The van der Waals surface area contributed by atoms with Crippen LogP contribution in [0.4, 0.5) is 0 Å². The van der Waals surface area contributed by atoms with Gasteiger partial charge >= 0.3 is 17.8 Å². The molecule has 0 radical (unpaired) electrons. The average Bonchev–Trinajstić information content (AvgIpc) is 2.42. The lowest BCUT2D eigenvalue weighted by Gasteiger charge is -2.25. The van der Waals surface area contributed by atoms with E-state index in [4.69, 9.17) is 14.7 Å². The monoisotopic (exact) mass is 289 g/mol. The van der Waals surface area contributed by atoms with E-state index in [1.54, 1.807) is 0 Å². The van der Waals surface area contributed by atoms with Crippen molar-refractivity contribution in [3.63, 3.8) is 0 Å². The predicted molar refractivity (Wildman–Crippen MR) is 70.7 cm³/mol. The van der Waals surface area contributed by atoms with E-state index >= 15 is 0 Å². The first-order valence-electron chi connectivity index (χ1n) is 6.81. The van der Waals surface area contributed by atoms with Gasteiger partial charge in [0.2, 0.25) is 0 Å². The van der Waals surface area contributed by atoms with Crippen LogP contribution in [-0.2, 0) is 24.0 Å². The Kier molecular flexibility index (Phi) is 9.36. The number of carbonyl (C=O) groups is 3. The lowest BCUT2D eigenvalue weighted by molar-refractivity contribution is -0.210. The molecule has 20 heavy (non-hydrogen) atoms. The lowest BCUT2D eigenvalue weighted by Crippen LogP contribution is -2.47. The number of carbonyl (C=O) groups excluding carboxylic acids is 2. The molecular formula is C13H23NO6. The quantitative estimate of drug-likeness (QED) is 0.298. The molecular weight excluding hydrogens is 266 g/mol. The zero-order valence-electron chi connectivity index (χ0n) is 12.3. The number of hydrogen-bond acceptors (Lipinski definition) is 5. The molecule has 0 aromatic carbocycles. The highest BCUT2D eigenvalue weighted by atomic mass is 16.7. The largest absolute Gasteiger partial charge is 0.474 e. The SMILES string of the molecule is CCCCOC(=O)[C@H](C)N(OCCCC)C(=O)C(=O)O. The Morgan fingerprint density at radius 1 is 1.10 bits per heavy atom. The van der Waals surface area contributed by atoms with Crippen molar-refractivity contribution < 1.29 is 29.1 Å². The van der Waals surface area contributed by atoms with Gasteiger partial charge in [-0.05, 0) is 19.8 Å². The highest BCUT2D eigenvalue weighted by molar-refractivity contribution is 6.31. The molecule has 0 unspecified atom stereocenters. The number of nitrogens with zero attached hydrogens (tertiary/aromatic N) is 1. The topological polar surface area (TPSA) is 93.1 Å². The average molecular weight is 289 g/mol. The van der Waals surface area contributed by atoms with E-state index in [2.05, 4.69) is 0 Å². The maximum Gasteiger partial charge on any atom is 0.396 e. The summed E-state index contributed by atoms with van der Waals surface area (Å²) in [5.41, 5.74) is 0. The van der Waals surface area contributed by atoms with E-state index in [-0.39, 0.29) is 13.2 Å². The van der Waals surface area contributed by atoms with Gasteiger partial charge in [0.1, 0.15) is 0 Å². The fourth-order valence-electron chi connectivity index (χ4n) is 1.28. The summed E-state index contributed by atoms with van der Waals surface area (Å²) in [5.74, 6) is -3.62. The van der Waals surface area contributed by atoms with Crippen molar-refractivity contribution in [3.05, 3.63) is 0 Å². The summed E-state index contributed by atoms with van der Waals surface area (Å²) in [6, 6.07) is -1.09. The number of amides is 1. The van der Waals surface area contributed by atoms with Crippen LogP contribution in [0.15, 0.2) is 0 Å². The maximum atomic E-state index is 11.7. The predicted octanol–water partition coefficient (Wildman–Crippen LogP) is 1.36. The van der Waals surface area contributed by atoms with Gasteiger partial charge in [-0.3, -0.25) is 9.63 Å². The van der Waals surface area contributed by atoms with Gasteiger partial charge in [-0.15, -0.1) is 0 Å². The van der Waals surface area contributed by atoms with Gasteiger partial charge in [0.05, 0.1) is 13.2 Å². The third kappa shape index (κ3) is 6.51. The number of ether oxygens (including phenoxy) is 1. The normalized spacial score (nSPS) is 11.8. The molecule has 0 aliphatic rings. The van der Waals surface area contributed by atoms with Crippen LogP contribution in [0.3, 0.4) is 0 Å². The molecule has 7 nitrogen and oxygen atoms in total. The molecule has 0 aromatic rings. The van der Waals surface area contributed by atoms with Gasteiger partial charge in [0.15, 0.2) is 6.04 Å². The maximum absolute atomic E-state index is 11.7. The molecule has 0 heterocycles. The fourth-order valence-corrected chi connectivity index (χ4v) is 1.28. The number of hydroxylamine groups is 2. The first-order valence-corrected chi connectivity index (χ1v) is 6.81. The van der Waals surface area contributed by atoms with Gasteiger partial charge < -0.3 is 9.84 Å². The second-order valence-corrected chi connectivity index (χ2v) is 4.32. The van der Waals surface area contributed by atoms with E-state index < -0.39 is 23.9 Å². The molecule has 0 bridgehead atoms. The van der Waals surface area contributed by atoms with Crippen molar-refractivity contribution in [2.45, 2.75) is 52.5 Å². The van der Waals surface area contributed by atoms with Crippen molar-refractivity contribution >= 4 is 17.8 Å². The minimum Gasteiger partial charge on any atom is -0.474 e. The van der Waals surface area contributed by atoms with E-state index in [0.29, 0.717) is 17.9 Å². The Balaban J connectivity index is 4.60. The number of carboxylic acids is 1. The lowest BCUT2D eigenvalue weighted by atomic mass is 10.3. The number of esters is 1. The summed E-state index contributed by atoms with van der Waals surface area (Å²) >= 11 is 0. The number of aliphatic carboxylic acids is 1.